The molecule has 2 aromatic rings. The lowest BCUT2D eigenvalue weighted by Crippen LogP contribution is -2.22. The number of methoxy groups -OCH3 is 1. The van der Waals surface area contributed by atoms with E-state index in [4.69, 9.17) is 23.8 Å². The standard InChI is InChI=1S/C20H20N2O7/c1-13(14-6-7-17-18(8-14)28-12-27-17)22-29-11-20(24)26-10-19(23)21-15-4-3-5-16(9-15)25-2/h3-9H,10-12H2,1-2H3,(H,21,23)/b22-13-. The Balaban J connectivity index is 1.41. The van der Waals surface area contributed by atoms with E-state index in [1.54, 1.807) is 49.4 Å². The molecule has 0 radical (unpaired) electrons. The summed E-state index contributed by atoms with van der Waals surface area (Å²) in [5.41, 5.74) is 1.85. The van der Waals surface area contributed by atoms with E-state index < -0.39 is 25.1 Å². The summed E-state index contributed by atoms with van der Waals surface area (Å²) in [4.78, 5) is 28.6. The van der Waals surface area contributed by atoms with E-state index in [-0.39, 0.29) is 6.79 Å². The summed E-state index contributed by atoms with van der Waals surface area (Å²) < 4.78 is 20.5. The summed E-state index contributed by atoms with van der Waals surface area (Å²) in [6, 6.07) is 12.2. The summed E-state index contributed by atoms with van der Waals surface area (Å²) >= 11 is 0. The number of hydrogen-bond donors (Lipinski definition) is 1. The molecule has 29 heavy (non-hydrogen) atoms. The van der Waals surface area contributed by atoms with E-state index in [1.807, 2.05) is 0 Å². The normalized spacial score (nSPS) is 12.3. The second-order valence-corrected chi connectivity index (χ2v) is 5.96. The number of benzene rings is 2. The van der Waals surface area contributed by atoms with E-state index in [0.29, 0.717) is 28.6 Å². The molecule has 9 nitrogen and oxygen atoms in total. The molecule has 152 valence electrons. The number of nitrogens with one attached hydrogen (secondary N) is 1. The zero-order valence-corrected chi connectivity index (χ0v) is 16.0. The fourth-order valence-electron chi connectivity index (χ4n) is 2.44. The molecule has 0 saturated heterocycles. The molecule has 0 aromatic heterocycles. The van der Waals surface area contributed by atoms with Gasteiger partial charge in [-0.15, -0.1) is 0 Å². The van der Waals surface area contributed by atoms with Gasteiger partial charge in [0, 0.05) is 17.3 Å². The zero-order valence-electron chi connectivity index (χ0n) is 16.0. The molecular formula is C20H20N2O7. The van der Waals surface area contributed by atoms with Crippen LogP contribution < -0.4 is 19.5 Å². The van der Waals surface area contributed by atoms with Crippen molar-refractivity contribution in [1.29, 1.82) is 0 Å². The fourth-order valence-corrected chi connectivity index (χ4v) is 2.44. The monoisotopic (exact) mass is 400 g/mol. The summed E-state index contributed by atoms with van der Waals surface area (Å²) in [7, 11) is 1.53. The molecule has 3 rings (SSSR count). The largest absolute Gasteiger partial charge is 0.497 e. The number of hydrogen-bond acceptors (Lipinski definition) is 8. The van der Waals surface area contributed by atoms with E-state index in [0.717, 1.165) is 5.56 Å². The quantitative estimate of drug-likeness (QED) is 0.412. The number of oxime groups is 1. The molecule has 0 atom stereocenters. The van der Waals surface area contributed by atoms with Gasteiger partial charge in [-0.05, 0) is 37.3 Å². The SMILES string of the molecule is COc1cccc(NC(=O)COC(=O)CO/N=C(/C)c2ccc3c(c2)OCO3)c1. The van der Waals surface area contributed by atoms with Crippen LogP contribution in [0.3, 0.4) is 0 Å². The lowest BCUT2D eigenvalue weighted by molar-refractivity contribution is -0.151. The van der Waals surface area contributed by atoms with Crippen molar-refractivity contribution in [3.8, 4) is 17.2 Å². The van der Waals surface area contributed by atoms with Crippen LogP contribution in [0.4, 0.5) is 5.69 Å². The molecule has 2 aromatic carbocycles. The van der Waals surface area contributed by atoms with Crippen LogP contribution in [0.5, 0.6) is 17.2 Å². The van der Waals surface area contributed by atoms with Crippen molar-refractivity contribution in [2.75, 3.05) is 32.4 Å². The van der Waals surface area contributed by atoms with Crippen LogP contribution in [0.15, 0.2) is 47.6 Å². The van der Waals surface area contributed by atoms with Gasteiger partial charge in [0.05, 0.1) is 12.8 Å². The number of fused-ring (bicyclic) bond motifs is 1. The van der Waals surface area contributed by atoms with Crippen LogP contribution in [-0.4, -0.2) is 44.7 Å². The van der Waals surface area contributed by atoms with Crippen molar-refractivity contribution in [2.45, 2.75) is 6.92 Å². The highest BCUT2D eigenvalue weighted by Crippen LogP contribution is 2.32. The Hall–Kier alpha value is -3.75. The van der Waals surface area contributed by atoms with E-state index in [2.05, 4.69) is 10.5 Å². The predicted octanol–water partition coefficient (Wildman–Crippen LogP) is 2.35. The number of carbonyl (C=O) groups excluding carboxylic acids is 2. The first-order chi connectivity index (χ1) is 14.0. The average molecular weight is 400 g/mol. The first kappa shape index (κ1) is 20.0. The van der Waals surface area contributed by atoms with Crippen molar-refractivity contribution in [3.05, 3.63) is 48.0 Å². The molecule has 0 bridgehead atoms. The van der Waals surface area contributed by atoms with Crippen LogP contribution in [0, 0.1) is 0 Å². The van der Waals surface area contributed by atoms with Gasteiger partial charge in [-0.25, -0.2) is 4.79 Å². The Labute approximate surface area is 167 Å². The predicted molar refractivity (Wildman–Crippen MR) is 103 cm³/mol. The van der Waals surface area contributed by atoms with Gasteiger partial charge < -0.3 is 29.1 Å². The minimum Gasteiger partial charge on any atom is -0.497 e. The van der Waals surface area contributed by atoms with E-state index in [9.17, 15) is 9.59 Å². The molecular weight excluding hydrogens is 380 g/mol. The fraction of sp³-hybridized carbons (Fsp3) is 0.250. The molecule has 1 heterocycles. The minimum atomic E-state index is -0.715. The Bertz CT molecular complexity index is 927. The van der Waals surface area contributed by atoms with Crippen molar-refractivity contribution in [3.63, 3.8) is 0 Å². The molecule has 0 aliphatic carbocycles. The molecule has 1 aliphatic rings. The summed E-state index contributed by atoms with van der Waals surface area (Å²) in [5.74, 6) is 0.695. The van der Waals surface area contributed by atoms with Crippen LogP contribution in [-0.2, 0) is 19.2 Å². The third-order valence-corrected chi connectivity index (χ3v) is 3.89. The van der Waals surface area contributed by atoms with Crippen LogP contribution in [0.1, 0.15) is 12.5 Å². The van der Waals surface area contributed by atoms with Gasteiger partial charge >= 0.3 is 5.97 Å². The average Bonchev–Trinajstić information content (AvgIpc) is 3.20. The minimum absolute atomic E-state index is 0.183. The van der Waals surface area contributed by atoms with Gasteiger partial charge in [0.25, 0.3) is 5.91 Å². The number of ether oxygens (including phenoxy) is 4. The second kappa shape index (κ2) is 9.45. The van der Waals surface area contributed by atoms with Gasteiger partial charge in [-0.3, -0.25) is 4.79 Å². The Morgan fingerprint density at radius 1 is 1.10 bits per heavy atom. The molecule has 1 N–H and O–H groups in total. The second-order valence-electron chi connectivity index (χ2n) is 5.96. The van der Waals surface area contributed by atoms with Crippen molar-refractivity contribution in [1.82, 2.24) is 0 Å². The number of rotatable bonds is 8. The molecule has 0 spiro atoms. The van der Waals surface area contributed by atoms with Gasteiger partial charge in [-0.1, -0.05) is 11.2 Å². The van der Waals surface area contributed by atoms with Crippen LogP contribution in [0.25, 0.3) is 0 Å². The number of carbonyl (C=O) groups is 2. The Kier molecular flexibility index (Phi) is 6.51. The third-order valence-electron chi connectivity index (χ3n) is 3.89. The summed E-state index contributed by atoms with van der Waals surface area (Å²) in [6.45, 7) is 1.05. The molecule has 0 unspecified atom stereocenters. The maximum absolute atomic E-state index is 11.9. The van der Waals surface area contributed by atoms with Gasteiger partial charge in [0.15, 0.2) is 18.1 Å². The zero-order chi connectivity index (χ0) is 20.6. The molecule has 0 fully saturated rings. The lowest BCUT2D eigenvalue weighted by Gasteiger charge is -2.08. The van der Waals surface area contributed by atoms with Crippen molar-refractivity contribution in [2.24, 2.45) is 5.16 Å². The maximum atomic E-state index is 11.9. The smallest absolute Gasteiger partial charge is 0.347 e. The molecule has 1 aliphatic heterocycles. The van der Waals surface area contributed by atoms with E-state index >= 15 is 0 Å². The van der Waals surface area contributed by atoms with E-state index in [1.165, 1.54) is 7.11 Å². The third kappa shape index (κ3) is 5.61. The number of nitrogens with zero attached hydrogens (tertiary/aromatic N) is 1. The van der Waals surface area contributed by atoms with Crippen molar-refractivity contribution >= 4 is 23.3 Å². The summed E-state index contributed by atoms with van der Waals surface area (Å²) in [5, 5.41) is 6.48. The van der Waals surface area contributed by atoms with Gasteiger partial charge in [-0.2, -0.15) is 0 Å². The van der Waals surface area contributed by atoms with Crippen molar-refractivity contribution < 1.29 is 33.4 Å². The maximum Gasteiger partial charge on any atom is 0.347 e. The number of amides is 1. The highest BCUT2D eigenvalue weighted by atomic mass is 16.7. The Morgan fingerprint density at radius 2 is 1.93 bits per heavy atom. The summed E-state index contributed by atoms with van der Waals surface area (Å²) in [6.07, 6.45) is 0. The lowest BCUT2D eigenvalue weighted by atomic mass is 10.1. The molecule has 1 amide bonds. The first-order valence-corrected chi connectivity index (χ1v) is 8.71. The number of anilines is 1. The number of esters is 1. The highest BCUT2D eigenvalue weighted by molar-refractivity contribution is 5.99. The molecule has 9 heteroatoms. The van der Waals surface area contributed by atoms with Gasteiger partial charge in [0.1, 0.15) is 5.75 Å². The van der Waals surface area contributed by atoms with Crippen LogP contribution in [0.2, 0.25) is 0 Å². The van der Waals surface area contributed by atoms with Crippen LogP contribution >= 0.6 is 0 Å². The first-order valence-electron chi connectivity index (χ1n) is 8.71. The Morgan fingerprint density at radius 3 is 2.76 bits per heavy atom. The highest BCUT2D eigenvalue weighted by Gasteiger charge is 2.14. The topological polar surface area (TPSA) is 105 Å². The molecule has 0 saturated carbocycles. The van der Waals surface area contributed by atoms with Gasteiger partial charge in [0.2, 0.25) is 13.4 Å².